The van der Waals surface area contributed by atoms with Gasteiger partial charge in [0.25, 0.3) is 0 Å². The van der Waals surface area contributed by atoms with E-state index in [1.807, 2.05) is 0 Å². The molecule has 0 unspecified atom stereocenters. The van der Waals surface area contributed by atoms with Crippen molar-refractivity contribution in [3.05, 3.63) is 0 Å². The summed E-state index contributed by atoms with van der Waals surface area (Å²) >= 11 is 0. The quantitative estimate of drug-likeness (QED) is 0.482. The molecule has 1 saturated carbocycles. The average molecular weight is 172 g/mol. The number of rotatable bonds is 3. The Morgan fingerprint density at radius 2 is 2.00 bits per heavy atom. The minimum absolute atomic E-state index is 0.0370. The highest BCUT2D eigenvalue weighted by Gasteiger charge is 2.19. The van der Waals surface area contributed by atoms with Gasteiger partial charge in [0.05, 0.1) is 0 Å². The first-order valence-electron chi connectivity index (χ1n) is 4.43. The second-order valence-corrected chi connectivity index (χ2v) is 3.36. The Hall–Kier alpha value is -0.610. The molecule has 0 spiro atoms. The highest BCUT2D eigenvalue weighted by Crippen LogP contribution is 2.20. The molecule has 0 saturated heterocycles. The monoisotopic (exact) mass is 172 g/mol. The molecule has 1 aliphatic carbocycles. The second-order valence-electron chi connectivity index (χ2n) is 3.36. The molecule has 0 atom stereocenters. The van der Waals surface area contributed by atoms with Crippen molar-refractivity contribution in [1.82, 2.24) is 5.01 Å². The minimum Gasteiger partial charge on any atom is -0.480 e. The Balaban J connectivity index is 2.29. The summed E-state index contributed by atoms with van der Waals surface area (Å²) in [5.74, 6) is 4.76. The van der Waals surface area contributed by atoms with Gasteiger partial charge in [0.2, 0.25) is 0 Å². The van der Waals surface area contributed by atoms with Gasteiger partial charge in [-0.1, -0.05) is 19.3 Å². The van der Waals surface area contributed by atoms with Crippen LogP contribution in [0.15, 0.2) is 0 Å². The van der Waals surface area contributed by atoms with E-state index in [1.54, 1.807) is 0 Å². The number of nitrogens with two attached hydrogens (primary N) is 1. The van der Waals surface area contributed by atoms with Crippen LogP contribution in [0.5, 0.6) is 0 Å². The van der Waals surface area contributed by atoms with Crippen LogP contribution in [0.4, 0.5) is 0 Å². The zero-order valence-electron chi connectivity index (χ0n) is 7.20. The summed E-state index contributed by atoms with van der Waals surface area (Å²) in [5, 5.41) is 9.95. The summed E-state index contributed by atoms with van der Waals surface area (Å²) in [6, 6.07) is 0.287. The Bertz CT molecular complexity index is 155. The van der Waals surface area contributed by atoms with Crippen LogP contribution in [0.3, 0.4) is 0 Å². The number of aliphatic carboxylic acids is 1. The van der Waals surface area contributed by atoms with Gasteiger partial charge in [0.1, 0.15) is 6.54 Å². The van der Waals surface area contributed by atoms with Gasteiger partial charge in [-0.25, -0.2) is 5.01 Å². The smallest absolute Gasteiger partial charge is 0.319 e. The Morgan fingerprint density at radius 1 is 1.42 bits per heavy atom. The SMILES string of the molecule is NN(CC(=O)O)C1CCCCC1. The maximum absolute atomic E-state index is 10.3. The zero-order chi connectivity index (χ0) is 8.97. The number of carboxylic acids is 1. The molecule has 0 aromatic heterocycles. The van der Waals surface area contributed by atoms with Crippen molar-refractivity contribution in [2.45, 2.75) is 38.1 Å². The minimum atomic E-state index is -0.844. The van der Waals surface area contributed by atoms with E-state index in [-0.39, 0.29) is 12.6 Å². The van der Waals surface area contributed by atoms with Gasteiger partial charge in [0, 0.05) is 6.04 Å². The van der Waals surface area contributed by atoms with E-state index < -0.39 is 5.97 Å². The average Bonchev–Trinajstić information content (AvgIpc) is 2.05. The third kappa shape index (κ3) is 2.79. The van der Waals surface area contributed by atoms with E-state index in [1.165, 1.54) is 24.3 Å². The van der Waals surface area contributed by atoms with Crippen LogP contribution in [0.2, 0.25) is 0 Å². The van der Waals surface area contributed by atoms with Gasteiger partial charge in [-0.15, -0.1) is 0 Å². The molecule has 12 heavy (non-hydrogen) atoms. The fraction of sp³-hybridized carbons (Fsp3) is 0.875. The van der Waals surface area contributed by atoms with E-state index in [4.69, 9.17) is 10.9 Å². The summed E-state index contributed by atoms with van der Waals surface area (Å²) in [5.41, 5.74) is 0. The van der Waals surface area contributed by atoms with Crippen molar-refractivity contribution in [3.8, 4) is 0 Å². The van der Waals surface area contributed by atoms with Crippen molar-refractivity contribution in [1.29, 1.82) is 0 Å². The second kappa shape index (κ2) is 4.42. The van der Waals surface area contributed by atoms with Crippen molar-refractivity contribution in [2.75, 3.05) is 6.54 Å². The van der Waals surface area contributed by atoms with E-state index in [0.717, 1.165) is 12.8 Å². The van der Waals surface area contributed by atoms with Crippen molar-refractivity contribution >= 4 is 5.97 Å². The Morgan fingerprint density at radius 3 is 2.50 bits per heavy atom. The van der Waals surface area contributed by atoms with Gasteiger partial charge in [-0.2, -0.15) is 0 Å². The van der Waals surface area contributed by atoms with Crippen molar-refractivity contribution in [2.24, 2.45) is 5.84 Å². The van der Waals surface area contributed by atoms with Crippen LogP contribution in [-0.4, -0.2) is 28.7 Å². The topological polar surface area (TPSA) is 66.6 Å². The lowest BCUT2D eigenvalue weighted by molar-refractivity contribution is -0.139. The molecule has 3 N–H and O–H groups in total. The molecule has 0 aromatic rings. The predicted octanol–water partition coefficient (Wildman–Crippen LogP) is 0.579. The summed E-state index contributed by atoms with van der Waals surface area (Å²) in [6.07, 6.45) is 5.71. The predicted molar refractivity (Wildman–Crippen MR) is 45.4 cm³/mol. The molecule has 0 amide bonds. The van der Waals surface area contributed by atoms with Gasteiger partial charge in [-0.3, -0.25) is 10.6 Å². The number of hydrogen-bond acceptors (Lipinski definition) is 3. The van der Waals surface area contributed by atoms with Crippen LogP contribution < -0.4 is 5.84 Å². The molecule has 1 aliphatic rings. The molecule has 1 rings (SSSR count). The van der Waals surface area contributed by atoms with E-state index in [9.17, 15) is 4.79 Å². The van der Waals surface area contributed by atoms with Crippen molar-refractivity contribution in [3.63, 3.8) is 0 Å². The largest absolute Gasteiger partial charge is 0.480 e. The lowest BCUT2D eigenvalue weighted by Gasteiger charge is -2.29. The molecule has 0 heterocycles. The number of hydrazine groups is 1. The maximum Gasteiger partial charge on any atom is 0.319 e. The normalized spacial score (nSPS) is 19.8. The molecular weight excluding hydrogens is 156 g/mol. The standard InChI is InChI=1S/C8H16N2O2/c9-10(6-8(11)12)7-4-2-1-3-5-7/h7H,1-6,9H2,(H,11,12). The van der Waals surface area contributed by atoms with E-state index in [0.29, 0.717) is 0 Å². The first kappa shape index (κ1) is 9.48. The molecule has 0 aromatic carbocycles. The lowest BCUT2D eigenvalue weighted by Crippen LogP contribution is -2.45. The fourth-order valence-electron chi connectivity index (χ4n) is 1.70. The van der Waals surface area contributed by atoms with Crippen LogP contribution >= 0.6 is 0 Å². The first-order valence-corrected chi connectivity index (χ1v) is 4.43. The molecule has 0 bridgehead atoms. The lowest BCUT2D eigenvalue weighted by atomic mass is 9.95. The number of nitrogens with zero attached hydrogens (tertiary/aromatic N) is 1. The highest BCUT2D eigenvalue weighted by atomic mass is 16.4. The fourth-order valence-corrected chi connectivity index (χ4v) is 1.70. The molecule has 4 heteroatoms. The number of carbonyl (C=O) groups is 1. The van der Waals surface area contributed by atoms with Crippen LogP contribution in [0.1, 0.15) is 32.1 Å². The van der Waals surface area contributed by atoms with Crippen LogP contribution in [0.25, 0.3) is 0 Å². The van der Waals surface area contributed by atoms with E-state index >= 15 is 0 Å². The molecule has 0 aliphatic heterocycles. The van der Waals surface area contributed by atoms with Gasteiger partial charge >= 0.3 is 5.97 Å². The van der Waals surface area contributed by atoms with Crippen molar-refractivity contribution < 1.29 is 9.90 Å². The summed E-state index contributed by atoms with van der Waals surface area (Å²) in [7, 11) is 0. The molecule has 0 radical (unpaired) electrons. The van der Waals surface area contributed by atoms with Gasteiger partial charge < -0.3 is 5.11 Å². The molecule has 1 fully saturated rings. The molecule has 4 nitrogen and oxygen atoms in total. The van der Waals surface area contributed by atoms with Crippen LogP contribution in [-0.2, 0) is 4.79 Å². The maximum atomic E-state index is 10.3. The third-order valence-electron chi connectivity index (χ3n) is 2.36. The number of carboxylic acid groups (broad SMARTS) is 1. The Labute approximate surface area is 72.3 Å². The van der Waals surface area contributed by atoms with Gasteiger partial charge in [0.15, 0.2) is 0 Å². The Kier molecular flexibility index (Phi) is 3.49. The number of hydrogen-bond donors (Lipinski definition) is 2. The highest BCUT2D eigenvalue weighted by molar-refractivity contribution is 5.68. The summed E-state index contributed by atoms with van der Waals surface area (Å²) in [6.45, 7) is -0.0370. The molecule has 70 valence electrons. The first-order chi connectivity index (χ1) is 5.70. The van der Waals surface area contributed by atoms with E-state index in [2.05, 4.69) is 0 Å². The molecular formula is C8H16N2O2. The summed E-state index contributed by atoms with van der Waals surface area (Å²) in [4.78, 5) is 10.3. The van der Waals surface area contributed by atoms with Gasteiger partial charge in [-0.05, 0) is 12.8 Å². The zero-order valence-corrected chi connectivity index (χ0v) is 7.20. The van der Waals surface area contributed by atoms with Crippen LogP contribution in [0, 0.1) is 0 Å². The summed E-state index contributed by atoms with van der Waals surface area (Å²) < 4.78 is 0. The third-order valence-corrected chi connectivity index (χ3v) is 2.36.